The fourth-order valence-corrected chi connectivity index (χ4v) is 5.87. The van der Waals surface area contributed by atoms with Gasteiger partial charge >= 0.3 is 0 Å². The van der Waals surface area contributed by atoms with E-state index in [0.717, 1.165) is 10.2 Å². The third kappa shape index (κ3) is 6.33. The number of benzene rings is 2. The molecule has 0 aliphatic rings. The van der Waals surface area contributed by atoms with E-state index in [1.807, 2.05) is 31.2 Å². The molecule has 0 bridgehead atoms. The van der Waals surface area contributed by atoms with E-state index in [-0.39, 0.29) is 5.75 Å². The molecular formula is C22H27N3O4S2. The molecule has 1 aromatic heterocycles. The Morgan fingerprint density at radius 1 is 1.16 bits per heavy atom. The normalized spacial score (nSPS) is 14.8. The van der Waals surface area contributed by atoms with Crippen molar-refractivity contribution in [1.29, 1.82) is 0 Å². The van der Waals surface area contributed by atoms with Crippen molar-refractivity contribution >= 4 is 37.3 Å². The van der Waals surface area contributed by atoms with Crippen LogP contribution in [0.25, 0.3) is 10.2 Å². The van der Waals surface area contributed by atoms with E-state index < -0.39 is 39.7 Å². The van der Waals surface area contributed by atoms with Gasteiger partial charge in [-0.25, -0.2) is 13.4 Å². The van der Waals surface area contributed by atoms with Gasteiger partial charge in [0.25, 0.3) is 0 Å². The summed E-state index contributed by atoms with van der Waals surface area (Å²) in [5, 5.41) is 14.1. The highest BCUT2D eigenvalue weighted by atomic mass is 32.2. The number of sulfone groups is 1. The van der Waals surface area contributed by atoms with Gasteiger partial charge in [-0.2, -0.15) is 0 Å². The van der Waals surface area contributed by atoms with Crippen LogP contribution in [-0.2, 0) is 20.4 Å². The monoisotopic (exact) mass is 461 g/mol. The Labute approximate surface area is 186 Å². The number of aromatic nitrogens is 1. The molecule has 1 amide bonds. The minimum absolute atomic E-state index is 0.179. The molecule has 31 heavy (non-hydrogen) atoms. The molecule has 7 nitrogen and oxygen atoms in total. The first-order chi connectivity index (χ1) is 14.8. The second-order valence-electron chi connectivity index (χ2n) is 7.52. The molecule has 0 saturated carbocycles. The molecule has 2 unspecified atom stereocenters. The number of carbonyl (C=O) groups is 1. The van der Waals surface area contributed by atoms with Crippen LogP contribution in [0.2, 0.25) is 0 Å². The third-order valence-corrected chi connectivity index (χ3v) is 7.62. The predicted molar refractivity (Wildman–Crippen MR) is 123 cm³/mol. The van der Waals surface area contributed by atoms with Crippen LogP contribution in [0.3, 0.4) is 0 Å². The SMILES string of the molecule is CCCC(NC(=O)[C@@H](N)CS(=O)(=O)Cc1ccccc1)C(O)c1nc2ccccc2s1. The van der Waals surface area contributed by atoms with Crippen molar-refractivity contribution in [1.82, 2.24) is 10.3 Å². The van der Waals surface area contributed by atoms with Crippen molar-refractivity contribution in [2.24, 2.45) is 5.73 Å². The van der Waals surface area contributed by atoms with Gasteiger partial charge in [-0.1, -0.05) is 55.8 Å². The summed E-state index contributed by atoms with van der Waals surface area (Å²) >= 11 is 1.37. The fraction of sp³-hybridized carbons (Fsp3) is 0.364. The van der Waals surface area contributed by atoms with Crippen molar-refractivity contribution in [3.63, 3.8) is 0 Å². The number of hydrogen-bond donors (Lipinski definition) is 3. The van der Waals surface area contributed by atoms with Crippen molar-refractivity contribution in [3.8, 4) is 0 Å². The van der Waals surface area contributed by atoms with Crippen LogP contribution in [-0.4, -0.2) is 42.3 Å². The molecule has 3 aromatic rings. The number of carbonyl (C=O) groups excluding carboxylic acids is 1. The zero-order valence-corrected chi connectivity index (χ0v) is 18.9. The average molecular weight is 462 g/mol. The van der Waals surface area contributed by atoms with Gasteiger partial charge in [-0.3, -0.25) is 4.79 Å². The number of hydrogen-bond acceptors (Lipinski definition) is 7. The molecule has 9 heteroatoms. The number of para-hydroxylation sites is 1. The maximum atomic E-state index is 12.6. The van der Waals surface area contributed by atoms with Crippen LogP contribution in [0, 0.1) is 0 Å². The first-order valence-corrected chi connectivity index (χ1v) is 12.8. The van der Waals surface area contributed by atoms with Crippen LogP contribution in [0.1, 0.15) is 36.4 Å². The number of rotatable bonds is 10. The Morgan fingerprint density at radius 2 is 1.84 bits per heavy atom. The second-order valence-corrected chi connectivity index (χ2v) is 10.7. The number of nitrogens with one attached hydrogen (secondary N) is 1. The van der Waals surface area contributed by atoms with Gasteiger partial charge in [0, 0.05) is 0 Å². The van der Waals surface area contributed by atoms with Crippen LogP contribution in [0.5, 0.6) is 0 Å². The Morgan fingerprint density at radius 3 is 2.52 bits per heavy atom. The van der Waals surface area contributed by atoms with Crippen LogP contribution >= 0.6 is 11.3 Å². The van der Waals surface area contributed by atoms with E-state index in [2.05, 4.69) is 10.3 Å². The summed E-state index contributed by atoms with van der Waals surface area (Å²) in [6, 6.07) is 14.5. The number of amides is 1. The van der Waals surface area contributed by atoms with Gasteiger partial charge in [0.1, 0.15) is 11.1 Å². The van der Waals surface area contributed by atoms with Gasteiger partial charge < -0.3 is 16.2 Å². The Kier molecular flexibility index (Phi) is 7.77. The van der Waals surface area contributed by atoms with Crippen LogP contribution < -0.4 is 11.1 Å². The Bertz CT molecular complexity index is 1080. The molecule has 2 aromatic carbocycles. The molecule has 3 rings (SSSR count). The van der Waals surface area contributed by atoms with Crippen LogP contribution in [0.4, 0.5) is 0 Å². The second kappa shape index (κ2) is 10.3. The first-order valence-electron chi connectivity index (χ1n) is 10.1. The van der Waals surface area contributed by atoms with Crippen LogP contribution in [0.15, 0.2) is 54.6 Å². The summed E-state index contributed by atoms with van der Waals surface area (Å²) in [5.74, 6) is -1.25. The molecular weight excluding hydrogens is 434 g/mol. The van der Waals surface area contributed by atoms with Gasteiger partial charge in [-0.15, -0.1) is 11.3 Å². The molecule has 1 heterocycles. The molecule has 4 N–H and O–H groups in total. The highest BCUT2D eigenvalue weighted by molar-refractivity contribution is 7.90. The molecule has 0 spiro atoms. The number of aliphatic hydroxyl groups is 1. The van der Waals surface area contributed by atoms with Crippen molar-refractivity contribution in [2.75, 3.05) is 5.75 Å². The van der Waals surface area contributed by atoms with E-state index >= 15 is 0 Å². The van der Waals surface area contributed by atoms with E-state index in [1.165, 1.54) is 11.3 Å². The molecule has 0 aliphatic carbocycles. The zero-order valence-electron chi connectivity index (χ0n) is 17.3. The zero-order chi connectivity index (χ0) is 22.4. The summed E-state index contributed by atoms with van der Waals surface area (Å²) in [6.07, 6.45) is 0.218. The number of nitrogens with zero attached hydrogens (tertiary/aromatic N) is 1. The molecule has 166 valence electrons. The van der Waals surface area contributed by atoms with Crippen molar-refractivity contribution < 1.29 is 18.3 Å². The topological polar surface area (TPSA) is 122 Å². The number of fused-ring (bicyclic) bond motifs is 1. The van der Waals surface area contributed by atoms with Gasteiger partial charge in [0.05, 0.1) is 33.8 Å². The molecule has 3 atom stereocenters. The lowest BCUT2D eigenvalue weighted by atomic mass is 10.1. The summed E-state index contributed by atoms with van der Waals surface area (Å²) in [7, 11) is -3.58. The smallest absolute Gasteiger partial charge is 0.238 e. The summed E-state index contributed by atoms with van der Waals surface area (Å²) in [6.45, 7) is 1.94. The first kappa shape index (κ1) is 23.3. The quantitative estimate of drug-likeness (QED) is 0.426. The van der Waals surface area contributed by atoms with Gasteiger partial charge in [-0.05, 0) is 24.1 Å². The molecule has 0 saturated heterocycles. The van der Waals surface area contributed by atoms with Gasteiger partial charge in [0.15, 0.2) is 9.84 Å². The minimum atomic E-state index is -3.58. The standard InChI is InChI=1S/C22H27N3O4S2/c1-2-8-18(20(26)22-25-17-11-6-7-12-19(17)30-22)24-21(27)16(23)14-31(28,29)13-15-9-4-3-5-10-15/h3-7,9-12,16,18,20,26H,2,8,13-14,23H2,1H3,(H,24,27)/t16-,18?,20?/m0/s1. The fourth-order valence-electron chi connectivity index (χ4n) is 3.33. The minimum Gasteiger partial charge on any atom is -0.384 e. The highest BCUT2D eigenvalue weighted by Crippen LogP contribution is 2.29. The van der Waals surface area contributed by atoms with E-state index in [4.69, 9.17) is 5.73 Å². The summed E-state index contributed by atoms with van der Waals surface area (Å²) in [4.78, 5) is 17.1. The predicted octanol–water partition coefficient (Wildman–Crippen LogP) is 2.56. The average Bonchev–Trinajstić information content (AvgIpc) is 3.17. The maximum absolute atomic E-state index is 12.6. The van der Waals surface area contributed by atoms with E-state index in [9.17, 15) is 18.3 Å². The third-order valence-electron chi connectivity index (χ3n) is 4.87. The van der Waals surface area contributed by atoms with E-state index in [1.54, 1.807) is 30.3 Å². The molecule has 0 aliphatic heterocycles. The lowest BCUT2D eigenvalue weighted by molar-refractivity contribution is -0.123. The lowest BCUT2D eigenvalue weighted by Gasteiger charge is -2.24. The highest BCUT2D eigenvalue weighted by Gasteiger charge is 2.29. The molecule has 0 fully saturated rings. The molecule has 0 radical (unpaired) electrons. The van der Waals surface area contributed by atoms with E-state index in [0.29, 0.717) is 23.4 Å². The largest absolute Gasteiger partial charge is 0.384 e. The maximum Gasteiger partial charge on any atom is 0.238 e. The number of aliphatic hydroxyl groups excluding tert-OH is 1. The van der Waals surface area contributed by atoms with Crippen molar-refractivity contribution in [2.45, 2.75) is 43.7 Å². The van der Waals surface area contributed by atoms with Crippen molar-refractivity contribution in [3.05, 3.63) is 65.2 Å². The Hall–Kier alpha value is -2.33. The van der Waals surface area contributed by atoms with Gasteiger partial charge in [0.2, 0.25) is 5.91 Å². The summed E-state index contributed by atoms with van der Waals surface area (Å²) < 4.78 is 25.9. The number of thiazole rings is 1. The Balaban J connectivity index is 1.66. The number of nitrogens with two attached hydrogens (primary N) is 1. The summed E-state index contributed by atoms with van der Waals surface area (Å²) in [5.41, 5.74) is 7.34. The lowest BCUT2D eigenvalue weighted by Crippen LogP contribution is -2.50.